The second kappa shape index (κ2) is 5.95. The third-order valence-corrected chi connectivity index (χ3v) is 3.53. The van der Waals surface area contributed by atoms with Crippen molar-refractivity contribution in [3.8, 4) is 0 Å². The number of imidazole rings is 1. The highest BCUT2D eigenvalue weighted by atomic mass is 16.6. The summed E-state index contributed by atoms with van der Waals surface area (Å²) in [5.41, 5.74) is 0. The number of likely N-dealkylation sites (tertiary alicyclic amines) is 1. The van der Waals surface area contributed by atoms with Crippen LogP contribution in [-0.4, -0.2) is 39.0 Å². The number of nitrogens with zero attached hydrogens (tertiary/aromatic N) is 4. The second-order valence-corrected chi connectivity index (χ2v) is 4.83. The number of hydrogen-bond donors (Lipinski definition) is 0. The fourth-order valence-corrected chi connectivity index (χ4v) is 2.49. The molecule has 1 aromatic rings. The lowest BCUT2D eigenvalue weighted by Gasteiger charge is -2.13. The van der Waals surface area contributed by atoms with Crippen LogP contribution in [0.1, 0.15) is 31.5 Å². The van der Waals surface area contributed by atoms with E-state index >= 15 is 0 Å². The molecule has 0 bridgehead atoms. The SMILES string of the molecule is Cc1ncc([N+](=O)[O-])n1CCCCN1CCCC1. The summed E-state index contributed by atoms with van der Waals surface area (Å²) in [5, 5.41) is 10.8. The smallest absolute Gasteiger partial charge is 0.342 e. The third-order valence-electron chi connectivity index (χ3n) is 3.53. The Labute approximate surface area is 107 Å². The van der Waals surface area contributed by atoms with Gasteiger partial charge in [0, 0.05) is 6.92 Å². The van der Waals surface area contributed by atoms with Crippen molar-refractivity contribution in [3.05, 3.63) is 22.1 Å². The van der Waals surface area contributed by atoms with Gasteiger partial charge in [-0.1, -0.05) is 0 Å². The van der Waals surface area contributed by atoms with Crippen molar-refractivity contribution in [2.75, 3.05) is 19.6 Å². The van der Waals surface area contributed by atoms with E-state index in [2.05, 4.69) is 9.88 Å². The minimum absolute atomic E-state index is 0.105. The van der Waals surface area contributed by atoms with Gasteiger partial charge in [-0.05, 0) is 50.2 Å². The van der Waals surface area contributed by atoms with Gasteiger partial charge < -0.3 is 15.0 Å². The number of nitro groups is 1. The Kier molecular flexibility index (Phi) is 4.30. The number of rotatable bonds is 6. The van der Waals surface area contributed by atoms with E-state index in [0.29, 0.717) is 6.54 Å². The van der Waals surface area contributed by atoms with Gasteiger partial charge in [-0.2, -0.15) is 0 Å². The highest BCUT2D eigenvalue weighted by Gasteiger charge is 2.17. The van der Waals surface area contributed by atoms with Gasteiger partial charge in [-0.15, -0.1) is 0 Å². The molecule has 2 heterocycles. The molecule has 0 atom stereocenters. The summed E-state index contributed by atoms with van der Waals surface area (Å²) in [6, 6.07) is 0. The number of aryl methyl sites for hydroxylation is 1. The summed E-state index contributed by atoms with van der Waals surface area (Å²) in [6.07, 6.45) is 6.03. The average Bonchev–Trinajstić information content (AvgIpc) is 2.94. The molecular weight excluding hydrogens is 232 g/mol. The van der Waals surface area contributed by atoms with Crippen LogP contribution in [0.15, 0.2) is 6.20 Å². The highest BCUT2D eigenvalue weighted by molar-refractivity contribution is 5.18. The van der Waals surface area contributed by atoms with Crippen molar-refractivity contribution in [2.45, 2.75) is 39.2 Å². The van der Waals surface area contributed by atoms with Crippen LogP contribution in [0.3, 0.4) is 0 Å². The molecule has 0 aromatic carbocycles. The molecule has 0 N–H and O–H groups in total. The second-order valence-electron chi connectivity index (χ2n) is 4.83. The van der Waals surface area contributed by atoms with Crippen LogP contribution in [0.2, 0.25) is 0 Å². The number of hydrogen-bond acceptors (Lipinski definition) is 4. The summed E-state index contributed by atoms with van der Waals surface area (Å²) >= 11 is 0. The summed E-state index contributed by atoms with van der Waals surface area (Å²) < 4.78 is 1.70. The zero-order valence-corrected chi connectivity index (χ0v) is 10.8. The van der Waals surface area contributed by atoms with Gasteiger partial charge in [0.05, 0.1) is 6.54 Å². The Morgan fingerprint density at radius 1 is 1.33 bits per heavy atom. The van der Waals surface area contributed by atoms with Crippen molar-refractivity contribution in [1.82, 2.24) is 14.5 Å². The van der Waals surface area contributed by atoms with Gasteiger partial charge in [0.1, 0.15) is 6.20 Å². The van der Waals surface area contributed by atoms with Gasteiger partial charge in [0.15, 0.2) is 5.82 Å². The largest absolute Gasteiger partial charge is 0.358 e. The molecule has 0 radical (unpaired) electrons. The molecule has 0 unspecified atom stereocenters. The Balaban J connectivity index is 1.78. The quantitative estimate of drug-likeness (QED) is 0.441. The van der Waals surface area contributed by atoms with E-state index in [1.165, 1.54) is 32.1 Å². The van der Waals surface area contributed by atoms with E-state index in [9.17, 15) is 10.1 Å². The molecule has 1 aromatic heterocycles. The summed E-state index contributed by atoms with van der Waals surface area (Å²) in [6.45, 7) is 6.04. The van der Waals surface area contributed by atoms with Crippen molar-refractivity contribution in [2.24, 2.45) is 0 Å². The molecule has 6 nitrogen and oxygen atoms in total. The maximum absolute atomic E-state index is 10.8. The van der Waals surface area contributed by atoms with Crippen LogP contribution in [0, 0.1) is 17.0 Å². The lowest BCUT2D eigenvalue weighted by molar-refractivity contribution is -0.392. The van der Waals surface area contributed by atoms with Crippen LogP contribution in [-0.2, 0) is 6.54 Å². The molecule has 0 spiro atoms. The predicted molar refractivity (Wildman–Crippen MR) is 68.5 cm³/mol. The molecule has 1 aliphatic rings. The van der Waals surface area contributed by atoms with E-state index in [1.807, 2.05) is 6.92 Å². The topological polar surface area (TPSA) is 64.2 Å². The minimum Gasteiger partial charge on any atom is -0.358 e. The first-order valence-electron chi connectivity index (χ1n) is 6.57. The van der Waals surface area contributed by atoms with Gasteiger partial charge in [-0.3, -0.25) is 0 Å². The van der Waals surface area contributed by atoms with E-state index in [-0.39, 0.29) is 10.7 Å². The maximum Gasteiger partial charge on any atom is 0.342 e. The third kappa shape index (κ3) is 3.07. The normalized spacial score (nSPS) is 16.3. The Hall–Kier alpha value is -1.43. The Morgan fingerprint density at radius 2 is 2.00 bits per heavy atom. The molecule has 18 heavy (non-hydrogen) atoms. The van der Waals surface area contributed by atoms with E-state index < -0.39 is 0 Å². The molecule has 0 amide bonds. The highest BCUT2D eigenvalue weighted by Crippen LogP contribution is 2.15. The molecule has 1 aliphatic heterocycles. The van der Waals surface area contributed by atoms with Crippen molar-refractivity contribution < 1.29 is 4.92 Å². The van der Waals surface area contributed by atoms with Crippen molar-refractivity contribution in [3.63, 3.8) is 0 Å². The summed E-state index contributed by atoms with van der Waals surface area (Å²) in [7, 11) is 0. The van der Waals surface area contributed by atoms with E-state index in [4.69, 9.17) is 0 Å². The molecular formula is C12H20N4O2. The summed E-state index contributed by atoms with van der Waals surface area (Å²) in [4.78, 5) is 16.9. The molecule has 100 valence electrons. The first-order valence-corrected chi connectivity index (χ1v) is 6.57. The lowest BCUT2D eigenvalue weighted by Crippen LogP contribution is -2.20. The zero-order valence-electron chi connectivity index (χ0n) is 10.8. The van der Waals surface area contributed by atoms with Crippen LogP contribution in [0.4, 0.5) is 5.82 Å². The standard InChI is InChI=1S/C12H20N4O2/c1-11-13-10-12(16(17)18)15(11)9-5-4-8-14-6-2-3-7-14/h10H,2-9H2,1H3. The minimum atomic E-state index is -0.361. The van der Waals surface area contributed by atoms with Crippen LogP contribution in [0.5, 0.6) is 0 Å². The molecule has 0 saturated carbocycles. The monoisotopic (exact) mass is 252 g/mol. The zero-order chi connectivity index (χ0) is 13.0. The first-order chi connectivity index (χ1) is 8.68. The molecule has 1 fully saturated rings. The van der Waals surface area contributed by atoms with E-state index in [0.717, 1.165) is 25.2 Å². The maximum atomic E-state index is 10.8. The lowest BCUT2D eigenvalue weighted by atomic mass is 10.3. The number of aromatic nitrogens is 2. The van der Waals surface area contributed by atoms with Crippen molar-refractivity contribution >= 4 is 5.82 Å². The fraction of sp³-hybridized carbons (Fsp3) is 0.750. The van der Waals surface area contributed by atoms with Crippen LogP contribution >= 0.6 is 0 Å². The first kappa shape index (κ1) is 13.0. The van der Waals surface area contributed by atoms with Gasteiger partial charge in [-0.25, -0.2) is 9.55 Å². The Morgan fingerprint density at radius 3 is 2.67 bits per heavy atom. The average molecular weight is 252 g/mol. The van der Waals surface area contributed by atoms with E-state index in [1.54, 1.807) is 4.57 Å². The molecule has 1 saturated heterocycles. The van der Waals surface area contributed by atoms with Gasteiger partial charge in [0.25, 0.3) is 0 Å². The van der Waals surface area contributed by atoms with Crippen molar-refractivity contribution in [1.29, 1.82) is 0 Å². The van der Waals surface area contributed by atoms with Crippen LogP contribution < -0.4 is 0 Å². The Bertz CT molecular complexity index is 410. The molecule has 0 aliphatic carbocycles. The van der Waals surface area contributed by atoms with Gasteiger partial charge >= 0.3 is 5.82 Å². The fourth-order valence-electron chi connectivity index (χ4n) is 2.49. The number of unbranched alkanes of at least 4 members (excludes halogenated alkanes) is 1. The summed E-state index contributed by atoms with van der Waals surface area (Å²) in [5.74, 6) is 0.830. The predicted octanol–water partition coefficient (Wildman–Crippen LogP) is 1.98. The molecule has 2 rings (SSSR count). The van der Waals surface area contributed by atoms with Gasteiger partial charge in [0.2, 0.25) is 0 Å². The van der Waals surface area contributed by atoms with Crippen LogP contribution in [0.25, 0.3) is 0 Å². The molecule has 6 heteroatoms.